The van der Waals surface area contributed by atoms with Gasteiger partial charge in [-0.1, -0.05) is 23.9 Å². The zero-order valence-electron chi connectivity index (χ0n) is 11.8. The highest BCUT2D eigenvalue weighted by molar-refractivity contribution is 7.98. The number of rotatable bonds is 3. The summed E-state index contributed by atoms with van der Waals surface area (Å²) in [6, 6.07) is 13.4. The summed E-state index contributed by atoms with van der Waals surface area (Å²) in [5.41, 5.74) is 1.71. The fourth-order valence-corrected chi connectivity index (χ4v) is 2.56. The highest BCUT2D eigenvalue weighted by atomic mass is 32.2. The minimum Gasteiger partial charge on any atom is -0.324 e. The van der Waals surface area contributed by atoms with Gasteiger partial charge in [-0.05, 0) is 30.5 Å². The van der Waals surface area contributed by atoms with Crippen molar-refractivity contribution in [3.05, 3.63) is 64.7 Å². The smallest absolute Gasteiger partial charge is 0.270 e. The standard InChI is InChI=1S/C16H12N4OS/c1-22-16-18-14(13(10-17)15(21)19-16)11-5-4-6-12(9-11)20-7-2-3-8-20/h2-9H,1H3,(H,18,19,21). The Balaban J connectivity index is 2.20. The number of aromatic amines is 1. The summed E-state index contributed by atoms with van der Waals surface area (Å²) in [6.45, 7) is 0. The number of aromatic nitrogens is 3. The normalized spacial score (nSPS) is 10.4. The van der Waals surface area contributed by atoms with E-state index < -0.39 is 5.56 Å². The van der Waals surface area contributed by atoms with Crippen molar-refractivity contribution in [1.29, 1.82) is 5.26 Å². The second kappa shape index (κ2) is 5.92. The van der Waals surface area contributed by atoms with Gasteiger partial charge in [0.15, 0.2) is 5.16 Å². The van der Waals surface area contributed by atoms with E-state index in [9.17, 15) is 10.1 Å². The van der Waals surface area contributed by atoms with Gasteiger partial charge in [0.25, 0.3) is 5.56 Å². The zero-order chi connectivity index (χ0) is 15.5. The Labute approximate surface area is 131 Å². The molecule has 3 aromatic rings. The molecule has 5 nitrogen and oxygen atoms in total. The topological polar surface area (TPSA) is 74.5 Å². The number of hydrogen-bond donors (Lipinski definition) is 1. The van der Waals surface area contributed by atoms with Crippen LogP contribution < -0.4 is 5.56 Å². The van der Waals surface area contributed by atoms with Gasteiger partial charge >= 0.3 is 0 Å². The zero-order valence-corrected chi connectivity index (χ0v) is 12.6. The molecule has 1 N–H and O–H groups in total. The monoisotopic (exact) mass is 308 g/mol. The lowest BCUT2D eigenvalue weighted by atomic mass is 10.1. The van der Waals surface area contributed by atoms with Crippen LogP contribution in [0.15, 0.2) is 58.7 Å². The quantitative estimate of drug-likeness (QED) is 0.596. The molecule has 0 saturated heterocycles. The van der Waals surface area contributed by atoms with Gasteiger partial charge in [-0.25, -0.2) is 4.98 Å². The molecular formula is C16H12N4OS. The van der Waals surface area contributed by atoms with E-state index >= 15 is 0 Å². The summed E-state index contributed by atoms with van der Waals surface area (Å²) in [4.78, 5) is 19.0. The van der Waals surface area contributed by atoms with E-state index in [2.05, 4.69) is 9.97 Å². The van der Waals surface area contributed by atoms with Crippen molar-refractivity contribution < 1.29 is 0 Å². The molecule has 0 radical (unpaired) electrons. The predicted molar refractivity (Wildman–Crippen MR) is 86.1 cm³/mol. The number of thioether (sulfide) groups is 1. The average molecular weight is 308 g/mol. The van der Waals surface area contributed by atoms with Crippen LogP contribution >= 0.6 is 11.8 Å². The number of H-pyrrole nitrogens is 1. The summed E-state index contributed by atoms with van der Waals surface area (Å²) in [7, 11) is 0. The van der Waals surface area contributed by atoms with Crippen molar-refractivity contribution in [2.45, 2.75) is 5.16 Å². The Kier molecular flexibility index (Phi) is 3.81. The molecule has 0 amide bonds. The van der Waals surface area contributed by atoms with Crippen LogP contribution in [-0.2, 0) is 0 Å². The fraction of sp³-hybridized carbons (Fsp3) is 0.0625. The molecule has 0 aliphatic rings. The maximum atomic E-state index is 12.0. The van der Waals surface area contributed by atoms with E-state index in [1.807, 2.05) is 65.7 Å². The van der Waals surface area contributed by atoms with Gasteiger partial charge < -0.3 is 9.55 Å². The molecule has 0 fully saturated rings. The van der Waals surface area contributed by atoms with Crippen LogP contribution in [0.2, 0.25) is 0 Å². The van der Waals surface area contributed by atoms with Crippen LogP contribution in [0.4, 0.5) is 0 Å². The van der Waals surface area contributed by atoms with E-state index in [4.69, 9.17) is 0 Å². The van der Waals surface area contributed by atoms with Crippen molar-refractivity contribution >= 4 is 11.8 Å². The predicted octanol–water partition coefficient (Wildman–Crippen LogP) is 2.82. The SMILES string of the molecule is CSc1nc(-c2cccc(-n3cccc3)c2)c(C#N)c(=O)[nH]1. The Bertz CT molecular complexity index is 907. The molecule has 0 atom stereocenters. The van der Waals surface area contributed by atoms with Gasteiger partial charge in [-0.3, -0.25) is 4.79 Å². The number of benzene rings is 1. The molecule has 0 unspecified atom stereocenters. The number of nitriles is 1. The number of nitrogens with zero attached hydrogens (tertiary/aromatic N) is 3. The lowest BCUT2D eigenvalue weighted by molar-refractivity contribution is 0.937. The Hall–Kier alpha value is -2.78. The summed E-state index contributed by atoms with van der Waals surface area (Å²) in [5.74, 6) is 0. The Morgan fingerprint density at radius 3 is 2.73 bits per heavy atom. The molecule has 0 aliphatic heterocycles. The molecule has 2 aromatic heterocycles. The highest BCUT2D eigenvalue weighted by Crippen LogP contribution is 2.23. The van der Waals surface area contributed by atoms with Crippen molar-refractivity contribution in [2.75, 3.05) is 6.26 Å². The van der Waals surface area contributed by atoms with Crippen molar-refractivity contribution in [2.24, 2.45) is 0 Å². The maximum absolute atomic E-state index is 12.0. The van der Waals surface area contributed by atoms with Crippen LogP contribution in [0.1, 0.15) is 5.56 Å². The third kappa shape index (κ3) is 2.54. The third-order valence-corrected chi connectivity index (χ3v) is 3.81. The van der Waals surface area contributed by atoms with Crippen LogP contribution in [0.25, 0.3) is 16.9 Å². The molecule has 0 spiro atoms. The summed E-state index contributed by atoms with van der Waals surface area (Å²) >= 11 is 1.33. The molecule has 0 saturated carbocycles. The first kappa shape index (κ1) is 14.2. The molecule has 2 heterocycles. The molecule has 3 rings (SSSR count). The second-order valence-electron chi connectivity index (χ2n) is 4.55. The van der Waals surface area contributed by atoms with Crippen LogP contribution in [-0.4, -0.2) is 20.8 Å². The molecular weight excluding hydrogens is 296 g/mol. The molecule has 0 aliphatic carbocycles. The van der Waals surface area contributed by atoms with E-state index in [1.165, 1.54) is 11.8 Å². The molecule has 1 aromatic carbocycles. The first-order valence-corrected chi connectivity index (χ1v) is 7.77. The molecule has 22 heavy (non-hydrogen) atoms. The first-order chi connectivity index (χ1) is 10.7. The van der Waals surface area contributed by atoms with Gasteiger partial charge in [0, 0.05) is 23.6 Å². The van der Waals surface area contributed by atoms with Crippen LogP contribution in [0, 0.1) is 11.3 Å². The first-order valence-electron chi connectivity index (χ1n) is 6.55. The van der Waals surface area contributed by atoms with Crippen molar-refractivity contribution in [3.63, 3.8) is 0 Å². The lowest BCUT2D eigenvalue weighted by Crippen LogP contribution is -2.14. The van der Waals surface area contributed by atoms with Gasteiger partial charge in [-0.2, -0.15) is 5.26 Å². The van der Waals surface area contributed by atoms with Gasteiger partial charge in [0.05, 0.1) is 5.69 Å². The third-order valence-electron chi connectivity index (χ3n) is 3.23. The largest absolute Gasteiger partial charge is 0.324 e. The Morgan fingerprint density at radius 2 is 2.05 bits per heavy atom. The summed E-state index contributed by atoms with van der Waals surface area (Å²) in [5, 5.41) is 9.75. The lowest BCUT2D eigenvalue weighted by Gasteiger charge is -2.08. The van der Waals surface area contributed by atoms with Gasteiger partial charge in [0.1, 0.15) is 11.6 Å². The maximum Gasteiger partial charge on any atom is 0.270 e. The fourth-order valence-electron chi connectivity index (χ4n) is 2.18. The van der Waals surface area contributed by atoms with Gasteiger partial charge in [-0.15, -0.1) is 0 Å². The molecule has 108 valence electrons. The minimum atomic E-state index is -0.414. The minimum absolute atomic E-state index is 0.0301. The van der Waals surface area contributed by atoms with Crippen molar-refractivity contribution in [3.8, 4) is 23.0 Å². The van der Waals surface area contributed by atoms with Gasteiger partial charge in [0.2, 0.25) is 0 Å². The number of nitrogens with one attached hydrogen (secondary N) is 1. The molecule has 0 bridgehead atoms. The van der Waals surface area contributed by atoms with Crippen LogP contribution in [0.3, 0.4) is 0 Å². The summed E-state index contributed by atoms with van der Waals surface area (Å²) in [6.07, 6.45) is 5.69. The van der Waals surface area contributed by atoms with Crippen molar-refractivity contribution in [1.82, 2.24) is 14.5 Å². The Morgan fingerprint density at radius 1 is 1.27 bits per heavy atom. The summed E-state index contributed by atoms with van der Waals surface area (Å²) < 4.78 is 1.96. The van der Waals surface area contributed by atoms with E-state index in [-0.39, 0.29) is 5.56 Å². The highest BCUT2D eigenvalue weighted by Gasteiger charge is 2.13. The second-order valence-corrected chi connectivity index (χ2v) is 5.35. The van der Waals surface area contributed by atoms with E-state index in [0.717, 1.165) is 11.3 Å². The number of hydrogen-bond acceptors (Lipinski definition) is 4. The van der Waals surface area contributed by atoms with E-state index in [0.29, 0.717) is 10.9 Å². The van der Waals surface area contributed by atoms with E-state index in [1.54, 1.807) is 0 Å². The molecule has 6 heteroatoms. The van der Waals surface area contributed by atoms with Crippen LogP contribution in [0.5, 0.6) is 0 Å². The average Bonchev–Trinajstić information content (AvgIpc) is 3.08.